The lowest BCUT2D eigenvalue weighted by molar-refractivity contribution is 0.103. The van der Waals surface area contributed by atoms with Crippen molar-refractivity contribution in [1.82, 2.24) is 4.98 Å². The summed E-state index contributed by atoms with van der Waals surface area (Å²) in [7, 11) is 0. The van der Waals surface area contributed by atoms with Crippen LogP contribution < -0.4 is 10.6 Å². The number of aliphatic hydroxyl groups excluding tert-OH is 1. The summed E-state index contributed by atoms with van der Waals surface area (Å²) in [5, 5.41) is 11.1. The molecule has 2 unspecified atom stereocenters. The molecule has 4 nitrogen and oxygen atoms in total. The van der Waals surface area contributed by atoms with Crippen molar-refractivity contribution in [3.8, 4) is 0 Å². The van der Waals surface area contributed by atoms with Gasteiger partial charge >= 0.3 is 0 Å². The second-order valence-electron chi connectivity index (χ2n) is 5.35. The zero-order valence-corrected chi connectivity index (χ0v) is 11.1. The molecule has 0 aliphatic carbocycles. The summed E-state index contributed by atoms with van der Waals surface area (Å²) in [6.45, 7) is 3.74. The van der Waals surface area contributed by atoms with Gasteiger partial charge in [-0.15, -0.1) is 0 Å². The standard InChI is InChI=1S/C15H19N3O/c1-10-6-8-18(9-14(10)19)13-5-7-17-15-11(13)3-2-4-12(15)16/h2-5,7,10,14,19H,6,8-9,16H2,1H3. The van der Waals surface area contributed by atoms with E-state index in [-0.39, 0.29) is 6.10 Å². The van der Waals surface area contributed by atoms with Gasteiger partial charge in [0.15, 0.2) is 0 Å². The van der Waals surface area contributed by atoms with Crippen LogP contribution in [-0.4, -0.2) is 29.3 Å². The Bertz CT molecular complexity index is 599. The Morgan fingerprint density at radius 1 is 1.37 bits per heavy atom. The first-order valence-electron chi connectivity index (χ1n) is 6.73. The van der Waals surface area contributed by atoms with Gasteiger partial charge in [0.25, 0.3) is 0 Å². The number of aliphatic hydroxyl groups is 1. The van der Waals surface area contributed by atoms with Crippen molar-refractivity contribution >= 4 is 22.3 Å². The molecule has 2 aromatic rings. The molecule has 100 valence electrons. The summed E-state index contributed by atoms with van der Waals surface area (Å²) in [6, 6.07) is 7.86. The van der Waals surface area contributed by atoms with Crippen LogP contribution in [-0.2, 0) is 0 Å². The number of nitrogen functional groups attached to an aromatic ring is 1. The average Bonchev–Trinajstić information content (AvgIpc) is 2.42. The highest BCUT2D eigenvalue weighted by Crippen LogP contribution is 2.31. The molecule has 19 heavy (non-hydrogen) atoms. The normalized spacial score (nSPS) is 23.8. The largest absolute Gasteiger partial charge is 0.397 e. The lowest BCUT2D eigenvalue weighted by Crippen LogP contribution is -2.43. The number of β-amino-alcohol motifs (C(OH)–C–C–N with tert-alkyl or cyclic N) is 1. The molecule has 1 aliphatic heterocycles. The third kappa shape index (κ3) is 2.12. The number of hydrogen-bond acceptors (Lipinski definition) is 4. The third-order valence-electron chi connectivity index (χ3n) is 4.04. The molecule has 0 radical (unpaired) electrons. The van der Waals surface area contributed by atoms with Crippen LogP contribution in [0.3, 0.4) is 0 Å². The van der Waals surface area contributed by atoms with E-state index in [0.29, 0.717) is 18.2 Å². The lowest BCUT2D eigenvalue weighted by atomic mass is 9.95. The number of nitrogens with two attached hydrogens (primary N) is 1. The van der Waals surface area contributed by atoms with Gasteiger partial charge in [0.2, 0.25) is 0 Å². The molecular weight excluding hydrogens is 238 g/mol. The monoisotopic (exact) mass is 257 g/mol. The summed E-state index contributed by atoms with van der Waals surface area (Å²) in [5.41, 5.74) is 8.63. The number of rotatable bonds is 1. The fraction of sp³-hybridized carbons (Fsp3) is 0.400. The van der Waals surface area contributed by atoms with E-state index >= 15 is 0 Å². The Labute approximate surface area is 112 Å². The zero-order chi connectivity index (χ0) is 13.4. The summed E-state index contributed by atoms with van der Waals surface area (Å²) < 4.78 is 0. The molecule has 1 saturated heterocycles. The van der Waals surface area contributed by atoms with E-state index in [4.69, 9.17) is 5.73 Å². The van der Waals surface area contributed by atoms with E-state index in [2.05, 4.69) is 16.8 Å². The summed E-state index contributed by atoms with van der Waals surface area (Å²) >= 11 is 0. The lowest BCUT2D eigenvalue weighted by Gasteiger charge is -2.36. The summed E-state index contributed by atoms with van der Waals surface area (Å²) in [4.78, 5) is 6.59. The van der Waals surface area contributed by atoms with Crippen molar-refractivity contribution in [2.75, 3.05) is 23.7 Å². The Morgan fingerprint density at radius 3 is 3.00 bits per heavy atom. The van der Waals surface area contributed by atoms with Gasteiger partial charge in [-0.3, -0.25) is 4.98 Å². The molecule has 2 atom stereocenters. The predicted octanol–water partition coefficient (Wildman–Crippen LogP) is 2.02. The van der Waals surface area contributed by atoms with Gasteiger partial charge in [-0.25, -0.2) is 0 Å². The van der Waals surface area contributed by atoms with Crippen LogP contribution in [0.15, 0.2) is 30.5 Å². The van der Waals surface area contributed by atoms with E-state index in [1.54, 1.807) is 6.20 Å². The minimum atomic E-state index is -0.266. The van der Waals surface area contributed by atoms with E-state index in [1.165, 1.54) is 0 Å². The molecule has 0 spiro atoms. The second kappa shape index (κ2) is 4.70. The molecule has 2 heterocycles. The highest BCUT2D eigenvalue weighted by atomic mass is 16.3. The van der Waals surface area contributed by atoms with Crippen molar-refractivity contribution in [2.45, 2.75) is 19.4 Å². The van der Waals surface area contributed by atoms with Crippen LogP contribution >= 0.6 is 0 Å². The molecule has 1 aromatic carbocycles. The number of piperidine rings is 1. The quantitative estimate of drug-likeness (QED) is 0.767. The molecule has 4 heteroatoms. The van der Waals surface area contributed by atoms with Crippen LogP contribution in [0.4, 0.5) is 11.4 Å². The Morgan fingerprint density at radius 2 is 2.21 bits per heavy atom. The first-order chi connectivity index (χ1) is 9.16. The SMILES string of the molecule is CC1CCN(c2ccnc3c(N)cccc23)CC1O. The number of benzene rings is 1. The highest BCUT2D eigenvalue weighted by molar-refractivity contribution is 5.98. The molecule has 0 bridgehead atoms. The Hall–Kier alpha value is -1.81. The van der Waals surface area contributed by atoms with Gasteiger partial charge in [0, 0.05) is 30.4 Å². The van der Waals surface area contributed by atoms with Crippen molar-refractivity contribution in [1.29, 1.82) is 0 Å². The smallest absolute Gasteiger partial charge is 0.0951 e. The van der Waals surface area contributed by atoms with Gasteiger partial charge in [0.1, 0.15) is 0 Å². The summed E-state index contributed by atoms with van der Waals surface area (Å²) in [6.07, 6.45) is 2.53. The molecular formula is C15H19N3O. The minimum absolute atomic E-state index is 0.266. The van der Waals surface area contributed by atoms with Crippen molar-refractivity contribution in [2.24, 2.45) is 5.92 Å². The maximum absolute atomic E-state index is 10.1. The number of aromatic nitrogens is 1. The van der Waals surface area contributed by atoms with E-state index < -0.39 is 0 Å². The van der Waals surface area contributed by atoms with E-state index in [1.807, 2.05) is 24.3 Å². The number of para-hydroxylation sites is 1. The molecule has 0 saturated carbocycles. The molecule has 1 fully saturated rings. The topological polar surface area (TPSA) is 62.4 Å². The first-order valence-corrected chi connectivity index (χ1v) is 6.73. The van der Waals surface area contributed by atoms with Gasteiger partial charge in [-0.05, 0) is 24.5 Å². The third-order valence-corrected chi connectivity index (χ3v) is 4.04. The fourth-order valence-corrected chi connectivity index (χ4v) is 2.73. The molecule has 1 aromatic heterocycles. The Kier molecular flexibility index (Phi) is 3.03. The fourth-order valence-electron chi connectivity index (χ4n) is 2.73. The van der Waals surface area contributed by atoms with Crippen LogP contribution in [0, 0.1) is 5.92 Å². The van der Waals surface area contributed by atoms with Crippen LogP contribution in [0.5, 0.6) is 0 Å². The number of pyridine rings is 1. The maximum atomic E-state index is 10.1. The summed E-state index contributed by atoms with van der Waals surface area (Å²) in [5.74, 6) is 0.370. The van der Waals surface area contributed by atoms with E-state index in [9.17, 15) is 5.11 Å². The molecule has 1 aliphatic rings. The minimum Gasteiger partial charge on any atom is -0.397 e. The van der Waals surface area contributed by atoms with Crippen molar-refractivity contribution in [3.63, 3.8) is 0 Å². The molecule has 3 N–H and O–H groups in total. The number of hydrogen-bond donors (Lipinski definition) is 2. The number of nitrogens with zero attached hydrogens (tertiary/aromatic N) is 2. The maximum Gasteiger partial charge on any atom is 0.0951 e. The van der Waals surface area contributed by atoms with Gasteiger partial charge in [-0.2, -0.15) is 0 Å². The average molecular weight is 257 g/mol. The first kappa shape index (κ1) is 12.2. The zero-order valence-electron chi connectivity index (χ0n) is 11.1. The molecule has 0 amide bonds. The van der Waals surface area contributed by atoms with Gasteiger partial charge in [-0.1, -0.05) is 19.1 Å². The van der Waals surface area contributed by atoms with Gasteiger partial charge in [0.05, 0.1) is 17.3 Å². The second-order valence-corrected chi connectivity index (χ2v) is 5.35. The van der Waals surface area contributed by atoms with Crippen LogP contribution in [0.2, 0.25) is 0 Å². The molecule has 3 rings (SSSR count). The van der Waals surface area contributed by atoms with Gasteiger partial charge < -0.3 is 15.7 Å². The van der Waals surface area contributed by atoms with Crippen molar-refractivity contribution in [3.05, 3.63) is 30.5 Å². The number of anilines is 2. The predicted molar refractivity (Wildman–Crippen MR) is 78.2 cm³/mol. The Balaban J connectivity index is 2.04. The number of fused-ring (bicyclic) bond motifs is 1. The van der Waals surface area contributed by atoms with Crippen LogP contribution in [0.1, 0.15) is 13.3 Å². The van der Waals surface area contributed by atoms with E-state index in [0.717, 1.165) is 29.6 Å². The van der Waals surface area contributed by atoms with Crippen LogP contribution in [0.25, 0.3) is 10.9 Å². The highest BCUT2D eigenvalue weighted by Gasteiger charge is 2.25. The van der Waals surface area contributed by atoms with Crippen molar-refractivity contribution < 1.29 is 5.11 Å².